The molecule has 7 heteroatoms. The van der Waals surface area contributed by atoms with Crippen LogP contribution < -0.4 is 27.2 Å². The first-order chi connectivity index (χ1) is 5.70. The maximum absolute atomic E-state index is 10.6. The Hall–Kier alpha value is -1.50. The summed E-state index contributed by atoms with van der Waals surface area (Å²) >= 11 is 0. The van der Waals surface area contributed by atoms with E-state index in [0.717, 1.165) is 0 Å². The molecule has 0 saturated carbocycles. The van der Waals surface area contributed by atoms with Crippen molar-refractivity contribution in [3.05, 3.63) is 0 Å². The standard InChI is InChI=1S/C5H13N5O2/c1-7-4(11)8-2-3-9-5(12)10-6/h2-3,6H2,1H3,(H2,7,8,11)(H2,9,10,12). The molecule has 12 heavy (non-hydrogen) atoms. The Morgan fingerprint density at radius 3 is 2.08 bits per heavy atom. The van der Waals surface area contributed by atoms with Gasteiger partial charge in [0, 0.05) is 20.1 Å². The van der Waals surface area contributed by atoms with Crippen LogP contribution in [0.3, 0.4) is 0 Å². The van der Waals surface area contributed by atoms with Crippen LogP contribution in [0.4, 0.5) is 9.59 Å². The average molecular weight is 175 g/mol. The van der Waals surface area contributed by atoms with E-state index in [1.165, 1.54) is 7.05 Å². The van der Waals surface area contributed by atoms with Gasteiger partial charge in [-0.15, -0.1) is 0 Å². The fourth-order valence-corrected chi connectivity index (χ4v) is 0.491. The largest absolute Gasteiger partial charge is 0.341 e. The van der Waals surface area contributed by atoms with Crippen LogP contribution in [-0.4, -0.2) is 32.2 Å². The molecule has 70 valence electrons. The second-order valence-corrected chi connectivity index (χ2v) is 1.91. The molecule has 0 aliphatic rings. The molecule has 7 nitrogen and oxygen atoms in total. The van der Waals surface area contributed by atoms with Gasteiger partial charge in [-0.2, -0.15) is 0 Å². The van der Waals surface area contributed by atoms with Gasteiger partial charge in [-0.25, -0.2) is 15.4 Å². The number of amides is 4. The molecule has 0 atom stereocenters. The third-order valence-corrected chi connectivity index (χ3v) is 1.05. The second kappa shape index (κ2) is 6.23. The van der Waals surface area contributed by atoms with E-state index in [9.17, 15) is 9.59 Å². The molecule has 0 fully saturated rings. The minimum Gasteiger partial charge on any atom is -0.341 e. The van der Waals surface area contributed by atoms with Crippen molar-refractivity contribution in [2.75, 3.05) is 20.1 Å². The molecule has 6 N–H and O–H groups in total. The quantitative estimate of drug-likeness (QED) is 0.149. The lowest BCUT2D eigenvalue weighted by Crippen LogP contribution is -2.44. The van der Waals surface area contributed by atoms with E-state index in [0.29, 0.717) is 13.1 Å². The van der Waals surface area contributed by atoms with Crippen LogP contribution in [0.25, 0.3) is 0 Å². The van der Waals surface area contributed by atoms with Gasteiger partial charge < -0.3 is 16.0 Å². The highest BCUT2D eigenvalue weighted by Crippen LogP contribution is 1.62. The molecule has 4 amide bonds. The van der Waals surface area contributed by atoms with Gasteiger partial charge in [-0.05, 0) is 0 Å². The predicted molar refractivity (Wildman–Crippen MR) is 43.2 cm³/mol. The van der Waals surface area contributed by atoms with Crippen LogP contribution in [-0.2, 0) is 0 Å². The number of hydrazine groups is 1. The molecule has 0 aliphatic heterocycles. The molecule has 0 unspecified atom stereocenters. The normalized spacial score (nSPS) is 8.50. The Bertz CT molecular complexity index is 142. The third kappa shape index (κ3) is 5.30. The molecule has 0 heterocycles. The van der Waals surface area contributed by atoms with Crippen molar-refractivity contribution >= 4 is 12.1 Å². The maximum Gasteiger partial charge on any atom is 0.328 e. The molecule has 0 aromatic heterocycles. The summed E-state index contributed by atoms with van der Waals surface area (Å²) in [6, 6.07) is -0.765. The summed E-state index contributed by atoms with van der Waals surface area (Å²) in [6.45, 7) is 0.684. The van der Waals surface area contributed by atoms with Gasteiger partial charge in [-0.1, -0.05) is 0 Å². The van der Waals surface area contributed by atoms with E-state index in [2.05, 4.69) is 16.0 Å². The van der Waals surface area contributed by atoms with Gasteiger partial charge in [0.2, 0.25) is 0 Å². The highest BCUT2D eigenvalue weighted by atomic mass is 16.2. The van der Waals surface area contributed by atoms with Crippen molar-refractivity contribution in [1.82, 2.24) is 21.4 Å². The Morgan fingerprint density at radius 2 is 1.67 bits per heavy atom. The van der Waals surface area contributed by atoms with Crippen LogP contribution in [0.5, 0.6) is 0 Å². The Kier molecular flexibility index (Phi) is 5.45. The summed E-state index contributed by atoms with van der Waals surface area (Å²) in [7, 11) is 1.51. The minimum atomic E-state index is -0.478. The van der Waals surface area contributed by atoms with Crippen LogP contribution in [0.2, 0.25) is 0 Å². The predicted octanol–water partition coefficient (Wildman–Crippen LogP) is -1.91. The van der Waals surface area contributed by atoms with Crippen LogP contribution in [0, 0.1) is 0 Å². The van der Waals surface area contributed by atoms with E-state index < -0.39 is 6.03 Å². The van der Waals surface area contributed by atoms with Gasteiger partial charge in [0.1, 0.15) is 0 Å². The van der Waals surface area contributed by atoms with E-state index in [1.54, 1.807) is 0 Å². The molecule has 0 aliphatic carbocycles. The number of hydrogen-bond acceptors (Lipinski definition) is 3. The smallest absolute Gasteiger partial charge is 0.328 e. The Balaban J connectivity index is 3.21. The summed E-state index contributed by atoms with van der Waals surface area (Å²) in [5, 5.41) is 7.24. The summed E-state index contributed by atoms with van der Waals surface area (Å²) in [5.74, 6) is 4.78. The van der Waals surface area contributed by atoms with Gasteiger partial charge >= 0.3 is 12.1 Å². The molecule has 0 aromatic carbocycles. The molecular formula is C5H13N5O2. The average Bonchev–Trinajstić information content (AvgIpc) is 2.11. The highest BCUT2D eigenvalue weighted by molar-refractivity contribution is 5.74. The van der Waals surface area contributed by atoms with Gasteiger partial charge in [-0.3, -0.25) is 5.43 Å². The van der Waals surface area contributed by atoms with Crippen LogP contribution >= 0.6 is 0 Å². The van der Waals surface area contributed by atoms with Crippen molar-refractivity contribution < 1.29 is 9.59 Å². The van der Waals surface area contributed by atoms with Crippen molar-refractivity contribution in [3.8, 4) is 0 Å². The highest BCUT2D eigenvalue weighted by Gasteiger charge is 1.96. The van der Waals surface area contributed by atoms with Crippen molar-refractivity contribution in [2.45, 2.75) is 0 Å². The maximum atomic E-state index is 10.6. The number of nitrogens with two attached hydrogens (primary N) is 1. The number of carbonyl (C=O) groups is 2. The van der Waals surface area contributed by atoms with E-state index in [4.69, 9.17) is 5.84 Å². The van der Waals surface area contributed by atoms with E-state index in [1.807, 2.05) is 5.43 Å². The third-order valence-electron chi connectivity index (χ3n) is 1.05. The number of urea groups is 2. The molecule has 0 rings (SSSR count). The van der Waals surface area contributed by atoms with Gasteiger partial charge in [0.15, 0.2) is 0 Å². The number of hydrogen-bond donors (Lipinski definition) is 5. The summed E-state index contributed by atoms with van der Waals surface area (Å²) < 4.78 is 0. The zero-order valence-corrected chi connectivity index (χ0v) is 6.81. The Labute approximate surface area is 70.0 Å². The van der Waals surface area contributed by atoms with E-state index >= 15 is 0 Å². The topological polar surface area (TPSA) is 108 Å². The summed E-state index contributed by atoms with van der Waals surface area (Å²) in [4.78, 5) is 21.0. The lowest BCUT2D eigenvalue weighted by atomic mass is 10.6. The fraction of sp³-hybridized carbons (Fsp3) is 0.600. The zero-order valence-electron chi connectivity index (χ0n) is 6.81. The first kappa shape index (κ1) is 10.5. The molecule has 0 radical (unpaired) electrons. The van der Waals surface area contributed by atoms with Crippen molar-refractivity contribution in [1.29, 1.82) is 0 Å². The molecule has 0 aromatic rings. The molecule has 0 spiro atoms. The molecule has 0 bridgehead atoms. The second-order valence-electron chi connectivity index (χ2n) is 1.91. The monoisotopic (exact) mass is 175 g/mol. The first-order valence-electron chi connectivity index (χ1n) is 3.40. The molecule has 0 saturated heterocycles. The van der Waals surface area contributed by atoms with E-state index in [-0.39, 0.29) is 6.03 Å². The first-order valence-corrected chi connectivity index (χ1v) is 3.40. The summed E-state index contributed by atoms with van der Waals surface area (Å²) in [6.07, 6.45) is 0. The SMILES string of the molecule is CNC(=O)NCCNC(=O)NN. The van der Waals surface area contributed by atoms with Crippen LogP contribution in [0.15, 0.2) is 0 Å². The Morgan fingerprint density at radius 1 is 1.17 bits per heavy atom. The van der Waals surface area contributed by atoms with Crippen molar-refractivity contribution in [3.63, 3.8) is 0 Å². The zero-order chi connectivity index (χ0) is 9.40. The van der Waals surface area contributed by atoms with Gasteiger partial charge in [0.05, 0.1) is 0 Å². The molecular weight excluding hydrogens is 162 g/mol. The summed E-state index contributed by atoms with van der Waals surface area (Å²) in [5.41, 5.74) is 1.89. The minimum absolute atomic E-state index is 0.287. The van der Waals surface area contributed by atoms with Crippen LogP contribution in [0.1, 0.15) is 0 Å². The fourth-order valence-electron chi connectivity index (χ4n) is 0.491. The van der Waals surface area contributed by atoms with Crippen molar-refractivity contribution in [2.24, 2.45) is 5.84 Å². The number of carbonyl (C=O) groups excluding carboxylic acids is 2. The number of nitrogens with one attached hydrogen (secondary N) is 4. The lowest BCUT2D eigenvalue weighted by Gasteiger charge is -2.05. The lowest BCUT2D eigenvalue weighted by molar-refractivity contribution is 0.238. The number of rotatable bonds is 3. The van der Waals surface area contributed by atoms with Gasteiger partial charge in [0.25, 0.3) is 0 Å².